The van der Waals surface area contributed by atoms with Gasteiger partial charge in [0, 0.05) is 18.0 Å². The molecule has 2 fully saturated rings. The zero-order valence-electron chi connectivity index (χ0n) is 13.0. The zero-order chi connectivity index (χ0) is 14.9. The van der Waals surface area contributed by atoms with Crippen molar-refractivity contribution in [3.05, 3.63) is 39.6 Å². The highest BCUT2D eigenvalue weighted by molar-refractivity contribution is 14.1. The first-order chi connectivity index (χ1) is 10.8. The Kier molecular flexibility index (Phi) is 4.25. The molecule has 0 bridgehead atoms. The molecule has 0 N–H and O–H groups in total. The van der Waals surface area contributed by atoms with Crippen molar-refractivity contribution in [3.8, 4) is 11.3 Å². The molecular weight excluding hydrogens is 383 g/mol. The molecule has 1 aromatic heterocycles. The lowest BCUT2D eigenvalue weighted by molar-refractivity contribution is 0.309. The molecule has 3 heteroatoms. The van der Waals surface area contributed by atoms with Gasteiger partial charge in [-0.25, -0.2) is 0 Å². The second-order valence-electron chi connectivity index (χ2n) is 6.87. The standard InChI is InChI=1S/C19H23IN2/c20-17-18(15-11-12-15)21-22(13-14-7-3-1-4-8-14)19(17)16-9-5-2-6-10-16/h2,5-6,9-10,14-15H,1,3-4,7-8,11-13H2. The summed E-state index contributed by atoms with van der Waals surface area (Å²) < 4.78 is 3.72. The van der Waals surface area contributed by atoms with Crippen LogP contribution in [0.25, 0.3) is 11.3 Å². The van der Waals surface area contributed by atoms with E-state index >= 15 is 0 Å². The molecule has 0 amide bonds. The van der Waals surface area contributed by atoms with Crippen LogP contribution >= 0.6 is 22.6 Å². The summed E-state index contributed by atoms with van der Waals surface area (Å²) >= 11 is 2.53. The van der Waals surface area contributed by atoms with Crippen molar-refractivity contribution in [1.29, 1.82) is 0 Å². The van der Waals surface area contributed by atoms with E-state index in [9.17, 15) is 0 Å². The van der Waals surface area contributed by atoms with Crippen molar-refractivity contribution >= 4 is 22.6 Å². The molecule has 1 aromatic carbocycles. The summed E-state index contributed by atoms with van der Waals surface area (Å²) in [5, 5.41) is 5.05. The van der Waals surface area contributed by atoms with Crippen molar-refractivity contribution in [2.75, 3.05) is 0 Å². The maximum atomic E-state index is 5.05. The van der Waals surface area contributed by atoms with Crippen LogP contribution in [0.1, 0.15) is 56.6 Å². The Morgan fingerprint density at radius 1 is 1.00 bits per heavy atom. The van der Waals surface area contributed by atoms with Crippen LogP contribution in [-0.2, 0) is 6.54 Å². The first-order valence-corrected chi connectivity index (χ1v) is 9.72. The molecule has 2 aliphatic carbocycles. The Hall–Kier alpha value is -0.840. The van der Waals surface area contributed by atoms with Crippen molar-refractivity contribution in [2.24, 2.45) is 5.92 Å². The molecule has 2 aromatic rings. The number of hydrogen-bond acceptors (Lipinski definition) is 1. The smallest absolute Gasteiger partial charge is 0.0819 e. The van der Waals surface area contributed by atoms with Gasteiger partial charge in [-0.15, -0.1) is 0 Å². The number of halogens is 1. The van der Waals surface area contributed by atoms with Gasteiger partial charge >= 0.3 is 0 Å². The summed E-state index contributed by atoms with van der Waals surface area (Å²) in [5.41, 5.74) is 4.03. The van der Waals surface area contributed by atoms with Gasteiger partial charge in [0.1, 0.15) is 0 Å². The number of rotatable bonds is 4. The highest BCUT2D eigenvalue weighted by atomic mass is 127. The zero-order valence-corrected chi connectivity index (χ0v) is 15.1. The molecule has 2 saturated carbocycles. The Bertz CT molecular complexity index is 637. The molecule has 22 heavy (non-hydrogen) atoms. The van der Waals surface area contributed by atoms with Crippen LogP contribution in [0.15, 0.2) is 30.3 Å². The SMILES string of the molecule is Ic1c(C2CC2)nn(CC2CCCCC2)c1-c1ccccc1. The minimum atomic E-state index is 0.724. The fraction of sp³-hybridized carbons (Fsp3) is 0.526. The summed E-state index contributed by atoms with van der Waals surface area (Å²) in [5.74, 6) is 1.54. The van der Waals surface area contributed by atoms with Crippen molar-refractivity contribution < 1.29 is 0 Å². The van der Waals surface area contributed by atoms with Crippen LogP contribution in [0, 0.1) is 9.49 Å². The highest BCUT2D eigenvalue weighted by Crippen LogP contribution is 2.44. The van der Waals surface area contributed by atoms with Crippen LogP contribution in [-0.4, -0.2) is 9.78 Å². The molecule has 2 nitrogen and oxygen atoms in total. The molecule has 1 heterocycles. The van der Waals surface area contributed by atoms with E-state index in [0.717, 1.165) is 18.4 Å². The Morgan fingerprint density at radius 2 is 1.73 bits per heavy atom. The van der Waals surface area contributed by atoms with Gasteiger partial charge in [0.25, 0.3) is 0 Å². The van der Waals surface area contributed by atoms with Crippen LogP contribution in [0.3, 0.4) is 0 Å². The quantitative estimate of drug-likeness (QED) is 0.604. The van der Waals surface area contributed by atoms with Crippen molar-refractivity contribution in [3.63, 3.8) is 0 Å². The highest BCUT2D eigenvalue weighted by Gasteiger charge is 2.31. The molecule has 0 saturated heterocycles. The second kappa shape index (κ2) is 6.34. The van der Waals surface area contributed by atoms with Crippen molar-refractivity contribution in [1.82, 2.24) is 9.78 Å². The first kappa shape index (κ1) is 14.7. The molecule has 116 valence electrons. The van der Waals surface area contributed by atoms with Crippen LogP contribution in [0.4, 0.5) is 0 Å². The fourth-order valence-electron chi connectivity index (χ4n) is 3.69. The van der Waals surface area contributed by atoms with E-state index in [4.69, 9.17) is 5.10 Å². The summed E-state index contributed by atoms with van der Waals surface area (Å²) in [7, 11) is 0. The molecule has 4 rings (SSSR count). The van der Waals surface area contributed by atoms with Crippen LogP contribution in [0.5, 0.6) is 0 Å². The number of nitrogens with zero attached hydrogens (tertiary/aromatic N) is 2. The predicted molar refractivity (Wildman–Crippen MR) is 98.9 cm³/mol. The van der Waals surface area contributed by atoms with E-state index < -0.39 is 0 Å². The average molecular weight is 406 g/mol. The molecule has 0 spiro atoms. The Morgan fingerprint density at radius 3 is 2.41 bits per heavy atom. The van der Waals surface area contributed by atoms with E-state index in [2.05, 4.69) is 57.6 Å². The monoisotopic (exact) mass is 406 g/mol. The molecule has 0 unspecified atom stereocenters. The number of benzene rings is 1. The third kappa shape index (κ3) is 2.97. The minimum Gasteiger partial charge on any atom is -0.263 e. The summed E-state index contributed by atoms with van der Waals surface area (Å²) in [6, 6.07) is 10.8. The van der Waals surface area contributed by atoms with Crippen LogP contribution in [0.2, 0.25) is 0 Å². The maximum Gasteiger partial charge on any atom is 0.0819 e. The lowest BCUT2D eigenvalue weighted by Gasteiger charge is -2.22. The van der Waals surface area contributed by atoms with E-state index in [-0.39, 0.29) is 0 Å². The first-order valence-electron chi connectivity index (χ1n) is 8.64. The van der Waals surface area contributed by atoms with E-state index in [1.165, 1.54) is 65.5 Å². The molecule has 2 aliphatic rings. The number of hydrogen-bond donors (Lipinski definition) is 0. The van der Waals surface area contributed by atoms with Gasteiger partial charge in [-0.05, 0) is 54.2 Å². The largest absolute Gasteiger partial charge is 0.263 e. The predicted octanol–water partition coefficient (Wildman–Crippen LogP) is 5.61. The van der Waals surface area contributed by atoms with Crippen LogP contribution < -0.4 is 0 Å². The fourth-order valence-corrected chi connectivity index (χ4v) is 4.83. The van der Waals surface area contributed by atoms with E-state index in [1.807, 2.05) is 0 Å². The molecule has 0 radical (unpaired) electrons. The van der Waals surface area contributed by atoms with Gasteiger partial charge in [0.2, 0.25) is 0 Å². The van der Waals surface area contributed by atoms with Gasteiger partial charge in [0.15, 0.2) is 0 Å². The van der Waals surface area contributed by atoms with Gasteiger partial charge in [0.05, 0.1) is 15.0 Å². The Labute approximate surface area is 146 Å². The van der Waals surface area contributed by atoms with E-state index in [0.29, 0.717) is 0 Å². The summed E-state index contributed by atoms with van der Waals surface area (Å²) in [6.45, 7) is 1.10. The van der Waals surface area contributed by atoms with Gasteiger partial charge in [-0.3, -0.25) is 4.68 Å². The Balaban J connectivity index is 1.70. The topological polar surface area (TPSA) is 17.8 Å². The normalized spacial score (nSPS) is 19.5. The van der Waals surface area contributed by atoms with E-state index in [1.54, 1.807) is 0 Å². The third-order valence-electron chi connectivity index (χ3n) is 5.09. The summed E-state index contributed by atoms with van der Waals surface area (Å²) in [6.07, 6.45) is 9.63. The van der Waals surface area contributed by atoms with Crippen molar-refractivity contribution in [2.45, 2.75) is 57.4 Å². The maximum absolute atomic E-state index is 5.05. The molecule has 0 aliphatic heterocycles. The summed E-state index contributed by atoms with van der Waals surface area (Å²) in [4.78, 5) is 0. The molecule has 0 atom stereocenters. The lowest BCUT2D eigenvalue weighted by atomic mass is 9.89. The van der Waals surface area contributed by atoms with Gasteiger partial charge in [-0.2, -0.15) is 5.10 Å². The van der Waals surface area contributed by atoms with Gasteiger partial charge in [-0.1, -0.05) is 49.6 Å². The number of aromatic nitrogens is 2. The second-order valence-corrected chi connectivity index (χ2v) is 7.95. The molecular formula is C19H23IN2. The average Bonchev–Trinajstić information content (AvgIpc) is 3.34. The van der Waals surface area contributed by atoms with Gasteiger partial charge < -0.3 is 0 Å². The lowest BCUT2D eigenvalue weighted by Crippen LogP contribution is -2.16. The third-order valence-corrected chi connectivity index (χ3v) is 6.15. The minimum absolute atomic E-state index is 0.724.